The van der Waals surface area contributed by atoms with E-state index in [2.05, 4.69) is 9.97 Å². The topological polar surface area (TPSA) is 66.1 Å². The minimum atomic E-state index is -3.49. The predicted octanol–water partition coefficient (Wildman–Crippen LogP) is 1.61. The van der Waals surface area contributed by atoms with Gasteiger partial charge in [0, 0.05) is 24.9 Å². The maximum absolute atomic E-state index is 12.5. The van der Waals surface area contributed by atoms with E-state index in [1.165, 1.54) is 10.5 Å². The second-order valence-electron chi connectivity index (χ2n) is 4.65. The molecule has 2 atom stereocenters. The second kappa shape index (κ2) is 5.19. The van der Waals surface area contributed by atoms with Gasteiger partial charge in [0.25, 0.3) is 10.0 Å². The summed E-state index contributed by atoms with van der Waals surface area (Å²) in [7, 11) is -3.49. The Morgan fingerprint density at radius 3 is 2.89 bits per heavy atom. The lowest BCUT2D eigenvalue weighted by atomic mass is 10.1. The number of nitrogens with zero attached hydrogens (tertiary/aromatic N) is 2. The quantitative estimate of drug-likeness (QED) is 0.857. The fourth-order valence-corrected chi connectivity index (χ4v) is 4.50. The third kappa shape index (κ3) is 2.29. The number of sulfonamides is 1. The molecule has 0 radical (unpaired) electrons. The van der Waals surface area contributed by atoms with Crippen LogP contribution in [0.15, 0.2) is 11.2 Å². The summed E-state index contributed by atoms with van der Waals surface area (Å²) in [6, 6.07) is -0.120. The number of aryl methyl sites for hydroxylation is 1. The second-order valence-corrected chi connectivity index (χ2v) is 6.82. The number of alkyl halides is 1. The van der Waals surface area contributed by atoms with Crippen molar-refractivity contribution in [1.82, 2.24) is 14.3 Å². The first-order valence-electron chi connectivity index (χ1n) is 6.12. The summed E-state index contributed by atoms with van der Waals surface area (Å²) in [5.74, 6) is 1.31. The van der Waals surface area contributed by atoms with Crippen molar-refractivity contribution in [3.63, 3.8) is 0 Å². The summed E-state index contributed by atoms with van der Waals surface area (Å²) in [6.07, 6.45) is 2.93. The summed E-state index contributed by atoms with van der Waals surface area (Å²) in [6.45, 7) is 4.49. The van der Waals surface area contributed by atoms with Crippen LogP contribution in [0, 0.1) is 5.92 Å². The molecule has 0 aromatic carbocycles. The number of aromatic nitrogens is 2. The van der Waals surface area contributed by atoms with Gasteiger partial charge < -0.3 is 4.98 Å². The Labute approximate surface area is 113 Å². The summed E-state index contributed by atoms with van der Waals surface area (Å²) >= 11 is 5.89. The van der Waals surface area contributed by atoms with Gasteiger partial charge in [-0.2, -0.15) is 4.31 Å². The monoisotopic (exact) mass is 291 g/mol. The van der Waals surface area contributed by atoms with Gasteiger partial charge in [0.1, 0.15) is 5.82 Å². The molecule has 2 unspecified atom stereocenters. The molecule has 0 saturated carbocycles. The molecule has 1 aromatic rings. The molecule has 1 fully saturated rings. The minimum absolute atomic E-state index is 0.120. The van der Waals surface area contributed by atoms with E-state index in [0.717, 1.165) is 6.42 Å². The van der Waals surface area contributed by atoms with Gasteiger partial charge in [-0.3, -0.25) is 0 Å². The zero-order valence-electron chi connectivity index (χ0n) is 10.6. The molecule has 1 saturated heterocycles. The van der Waals surface area contributed by atoms with Gasteiger partial charge in [0.2, 0.25) is 0 Å². The van der Waals surface area contributed by atoms with Crippen LogP contribution in [0.1, 0.15) is 26.1 Å². The fourth-order valence-electron chi connectivity index (χ4n) is 2.28. The third-order valence-corrected chi connectivity index (χ3v) is 5.67. The molecule has 1 aliphatic rings. The Morgan fingerprint density at radius 1 is 1.61 bits per heavy atom. The number of halogens is 1. The first-order valence-corrected chi connectivity index (χ1v) is 8.09. The lowest BCUT2D eigenvalue weighted by Gasteiger charge is -2.23. The number of hydrogen-bond donors (Lipinski definition) is 1. The Kier molecular flexibility index (Phi) is 3.99. The highest BCUT2D eigenvalue weighted by molar-refractivity contribution is 7.89. The van der Waals surface area contributed by atoms with Crippen molar-refractivity contribution in [2.24, 2.45) is 5.92 Å². The number of hydrogen-bond acceptors (Lipinski definition) is 3. The van der Waals surface area contributed by atoms with Crippen LogP contribution < -0.4 is 0 Å². The van der Waals surface area contributed by atoms with Gasteiger partial charge in [-0.15, -0.1) is 11.6 Å². The molecule has 0 spiro atoms. The molecule has 1 aliphatic heterocycles. The molecule has 2 heterocycles. The van der Waals surface area contributed by atoms with Crippen LogP contribution in [0.4, 0.5) is 0 Å². The third-order valence-electron chi connectivity index (χ3n) is 3.52. The molecule has 5 nitrogen and oxygen atoms in total. The maximum atomic E-state index is 12.5. The van der Waals surface area contributed by atoms with E-state index in [4.69, 9.17) is 11.6 Å². The molecule has 0 amide bonds. The van der Waals surface area contributed by atoms with Crippen LogP contribution in [0.5, 0.6) is 0 Å². The highest BCUT2D eigenvalue weighted by Gasteiger charge is 2.39. The largest absolute Gasteiger partial charge is 0.332 e. The molecule has 7 heteroatoms. The van der Waals surface area contributed by atoms with Crippen molar-refractivity contribution in [2.45, 2.75) is 37.8 Å². The number of imidazole rings is 1. The molecule has 102 valence electrons. The normalized spacial score (nSPS) is 25.7. The molecular weight excluding hydrogens is 274 g/mol. The summed E-state index contributed by atoms with van der Waals surface area (Å²) in [4.78, 5) is 6.90. The maximum Gasteiger partial charge on any atom is 0.260 e. The van der Waals surface area contributed by atoms with Gasteiger partial charge in [0.05, 0.1) is 6.20 Å². The van der Waals surface area contributed by atoms with Crippen LogP contribution in [0.3, 0.4) is 0 Å². The first kappa shape index (κ1) is 13.8. The first-order chi connectivity index (χ1) is 8.50. The number of aromatic amines is 1. The Bertz CT molecular complexity index is 514. The highest BCUT2D eigenvalue weighted by Crippen LogP contribution is 2.30. The SMILES string of the molecule is CCc1ncc(S(=O)(=O)N2CCC(C)C2CCl)[nH]1. The van der Waals surface area contributed by atoms with Crippen molar-refractivity contribution >= 4 is 21.6 Å². The zero-order valence-corrected chi connectivity index (χ0v) is 12.1. The summed E-state index contributed by atoms with van der Waals surface area (Å²) < 4.78 is 26.4. The van der Waals surface area contributed by atoms with E-state index >= 15 is 0 Å². The summed E-state index contributed by atoms with van der Waals surface area (Å²) in [5.41, 5.74) is 0. The van der Waals surface area contributed by atoms with E-state index in [-0.39, 0.29) is 11.1 Å². The van der Waals surface area contributed by atoms with Gasteiger partial charge in [-0.1, -0.05) is 13.8 Å². The fraction of sp³-hybridized carbons (Fsp3) is 0.727. The van der Waals surface area contributed by atoms with Crippen molar-refractivity contribution in [2.75, 3.05) is 12.4 Å². The number of rotatable bonds is 4. The van der Waals surface area contributed by atoms with E-state index in [1.807, 2.05) is 13.8 Å². The Hall–Kier alpha value is -0.590. The smallest absolute Gasteiger partial charge is 0.260 e. The van der Waals surface area contributed by atoms with Crippen LogP contribution in [0.25, 0.3) is 0 Å². The van der Waals surface area contributed by atoms with E-state index < -0.39 is 10.0 Å². The number of nitrogens with one attached hydrogen (secondary N) is 1. The Balaban J connectivity index is 2.31. The molecule has 2 rings (SSSR count). The van der Waals surface area contributed by atoms with Gasteiger partial charge in [-0.25, -0.2) is 13.4 Å². The summed E-state index contributed by atoms with van der Waals surface area (Å²) in [5, 5.41) is 0.170. The van der Waals surface area contributed by atoms with Gasteiger partial charge >= 0.3 is 0 Å². The lowest BCUT2D eigenvalue weighted by molar-refractivity contribution is 0.374. The van der Waals surface area contributed by atoms with Crippen LogP contribution >= 0.6 is 11.6 Å². The molecule has 1 aromatic heterocycles. The predicted molar refractivity (Wildman–Crippen MR) is 70.1 cm³/mol. The average Bonchev–Trinajstić information content (AvgIpc) is 2.95. The van der Waals surface area contributed by atoms with Crippen LogP contribution in [0.2, 0.25) is 0 Å². The minimum Gasteiger partial charge on any atom is -0.332 e. The zero-order chi connectivity index (χ0) is 13.3. The van der Waals surface area contributed by atoms with E-state index in [0.29, 0.717) is 30.6 Å². The van der Waals surface area contributed by atoms with Gasteiger partial charge in [0.15, 0.2) is 5.03 Å². The number of H-pyrrole nitrogens is 1. The molecule has 0 bridgehead atoms. The van der Waals surface area contributed by atoms with Crippen molar-refractivity contribution in [3.05, 3.63) is 12.0 Å². The van der Waals surface area contributed by atoms with Crippen LogP contribution in [-0.4, -0.2) is 41.2 Å². The Morgan fingerprint density at radius 2 is 2.33 bits per heavy atom. The van der Waals surface area contributed by atoms with Crippen molar-refractivity contribution < 1.29 is 8.42 Å². The molecule has 1 N–H and O–H groups in total. The highest BCUT2D eigenvalue weighted by atomic mass is 35.5. The van der Waals surface area contributed by atoms with E-state index in [9.17, 15) is 8.42 Å². The van der Waals surface area contributed by atoms with E-state index in [1.54, 1.807) is 0 Å². The molecule has 0 aliphatic carbocycles. The van der Waals surface area contributed by atoms with Crippen LogP contribution in [-0.2, 0) is 16.4 Å². The standard InChI is InChI=1S/C11H18ClN3O2S/c1-3-10-13-7-11(14-10)18(16,17)15-5-4-8(2)9(15)6-12/h7-9H,3-6H2,1-2H3,(H,13,14). The lowest BCUT2D eigenvalue weighted by Crippen LogP contribution is -2.38. The molecule has 18 heavy (non-hydrogen) atoms. The average molecular weight is 292 g/mol. The van der Waals surface area contributed by atoms with Crippen molar-refractivity contribution in [3.8, 4) is 0 Å². The van der Waals surface area contributed by atoms with Gasteiger partial charge in [-0.05, 0) is 12.3 Å². The molecular formula is C11H18ClN3O2S. The van der Waals surface area contributed by atoms with Crippen molar-refractivity contribution in [1.29, 1.82) is 0 Å².